The minimum Gasteiger partial charge on any atom is -0.311 e. The zero-order valence-electron chi connectivity index (χ0n) is 11.4. The van der Waals surface area contributed by atoms with E-state index in [-0.39, 0.29) is 5.91 Å². The van der Waals surface area contributed by atoms with Gasteiger partial charge in [-0.3, -0.25) is 4.79 Å². The predicted octanol–water partition coefficient (Wildman–Crippen LogP) is 3.37. The Morgan fingerprint density at radius 3 is 2.47 bits per heavy atom. The molecule has 0 aliphatic heterocycles. The van der Waals surface area contributed by atoms with Crippen molar-refractivity contribution in [2.24, 2.45) is 0 Å². The summed E-state index contributed by atoms with van der Waals surface area (Å²) in [6, 6.07) is 4.92. The zero-order valence-corrected chi connectivity index (χ0v) is 12.4. The Balaban J connectivity index is 2.56. The van der Waals surface area contributed by atoms with Gasteiger partial charge in [0.2, 0.25) is 5.91 Å². The molecule has 3 nitrogen and oxygen atoms in total. The molecule has 1 aromatic heterocycles. The van der Waals surface area contributed by atoms with Gasteiger partial charge in [0.1, 0.15) is 5.82 Å². The van der Waals surface area contributed by atoms with Crippen molar-refractivity contribution in [3.8, 4) is 0 Å². The Morgan fingerprint density at radius 1 is 1.29 bits per heavy atom. The summed E-state index contributed by atoms with van der Waals surface area (Å²) in [4.78, 5) is 16.1. The number of anilines is 1. The van der Waals surface area contributed by atoms with Crippen LogP contribution in [0.2, 0.25) is 25.7 Å². The summed E-state index contributed by atoms with van der Waals surface area (Å²) in [7, 11) is -1.14. The van der Waals surface area contributed by atoms with E-state index in [1.165, 1.54) is 0 Å². The number of nitrogens with one attached hydrogen (secondary N) is 1. The van der Waals surface area contributed by atoms with Crippen molar-refractivity contribution >= 4 is 19.8 Å². The molecule has 0 unspecified atom stereocenters. The van der Waals surface area contributed by atoms with E-state index in [0.717, 1.165) is 17.3 Å². The Kier molecular flexibility index (Phi) is 4.45. The van der Waals surface area contributed by atoms with Crippen LogP contribution in [-0.4, -0.2) is 19.0 Å². The van der Waals surface area contributed by atoms with E-state index in [1.54, 1.807) is 0 Å². The van der Waals surface area contributed by atoms with Crippen molar-refractivity contribution in [2.45, 2.75) is 46.0 Å². The summed E-state index contributed by atoms with van der Waals surface area (Å²) in [6.45, 7) is 10.8. The number of pyridine rings is 1. The first-order valence-corrected chi connectivity index (χ1v) is 9.72. The van der Waals surface area contributed by atoms with Crippen LogP contribution in [0.15, 0.2) is 12.1 Å². The van der Waals surface area contributed by atoms with E-state index in [2.05, 4.69) is 29.9 Å². The second-order valence-corrected chi connectivity index (χ2v) is 11.4. The molecule has 4 heteroatoms. The fourth-order valence-corrected chi connectivity index (χ4v) is 2.58. The Hall–Kier alpha value is -1.16. The quantitative estimate of drug-likeness (QED) is 0.833. The number of aromatic nitrogens is 1. The van der Waals surface area contributed by atoms with Gasteiger partial charge in [-0.25, -0.2) is 4.98 Å². The lowest BCUT2D eigenvalue weighted by atomic mass is 10.2. The lowest BCUT2D eigenvalue weighted by molar-refractivity contribution is -0.115. The zero-order chi connectivity index (χ0) is 13.1. The SMILES string of the molecule is Cc1cc(C)nc(NC(=O)CC[Si](C)(C)C)c1. The van der Waals surface area contributed by atoms with E-state index < -0.39 is 8.07 Å². The number of nitrogens with zero attached hydrogens (tertiary/aromatic N) is 1. The van der Waals surface area contributed by atoms with Crippen molar-refractivity contribution in [3.05, 3.63) is 23.4 Å². The van der Waals surface area contributed by atoms with Gasteiger partial charge in [0.25, 0.3) is 0 Å². The lowest BCUT2D eigenvalue weighted by Crippen LogP contribution is -2.23. The molecule has 0 saturated heterocycles. The van der Waals surface area contributed by atoms with Gasteiger partial charge in [0, 0.05) is 20.2 Å². The maximum Gasteiger partial charge on any atom is 0.225 e. The van der Waals surface area contributed by atoms with E-state index in [4.69, 9.17) is 0 Å². The molecule has 0 aliphatic carbocycles. The molecular formula is C13H22N2OSi. The van der Waals surface area contributed by atoms with Gasteiger partial charge in [-0.05, 0) is 37.6 Å². The van der Waals surface area contributed by atoms with Crippen LogP contribution in [0.4, 0.5) is 5.82 Å². The molecule has 1 heterocycles. The van der Waals surface area contributed by atoms with Crippen LogP contribution in [0.25, 0.3) is 0 Å². The average Bonchev–Trinajstić information content (AvgIpc) is 2.11. The Morgan fingerprint density at radius 2 is 1.94 bits per heavy atom. The first kappa shape index (κ1) is 13.9. The molecule has 0 aromatic carbocycles. The van der Waals surface area contributed by atoms with Gasteiger partial charge in [-0.15, -0.1) is 0 Å². The van der Waals surface area contributed by atoms with Crippen LogP contribution in [-0.2, 0) is 4.79 Å². The smallest absolute Gasteiger partial charge is 0.225 e. The number of carbonyl (C=O) groups is 1. The number of hydrogen-bond acceptors (Lipinski definition) is 2. The summed E-state index contributed by atoms with van der Waals surface area (Å²) >= 11 is 0. The molecule has 0 spiro atoms. The highest BCUT2D eigenvalue weighted by atomic mass is 28.3. The Bertz CT molecular complexity index is 390. The highest BCUT2D eigenvalue weighted by Gasteiger charge is 2.15. The number of carbonyl (C=O) groups excluding carboxylic acids is 1. The summed E-state index contributed by atoms with van der Waals surface area (Å²) < 4.78 is 0. The summed E-state index contributed by atoms with van der Waals surface area (Å²) in [5.41, 5.74) is 2.06. The normalized spacial score (nSPS) is 11.4. The van der Waals surface area contributed by atoms with Gasteiger partial charge in [-0.2, -0.15) is 0 Å². The first-order chi connectivity index (χ1) is 7.76. The molecule has 0 radical (unpaired) electrons. The third-order valence-corrected chi connectivity index (χ3v) is 4.22. The number of amides is 1. The molecule has 94 valence electrons. The standard InChI is InChI=1S/C13H22N2OSi/c1-10-8-11(2)14-12(9-10)15-13(16)6-7-17(3,4)5/h8-9H,6-7H2,1-5H3,(H,14,15,16). The highest BCUT2D eigenvalue weighted by Crippen LogP contribution is 2.13. The molecule has 0 atom stereocenters. The number of rotatable bonds is 4. The molecule has 0 bridgehead atoms. The third kappa shape index (κ3) is 5.63. The van der Waals surface area contributed by atoms with E-state index >= 15 is 0 Å². The fourth-order valence-electron chi connectivity index (χ4n) is 1.60. The van der Waals surface area contributed by atoms with Crippen molar-refractivity contribution in [1.29, 1.82) is 0 Å². The van der Waals surface area contributed by atoms with Crippen LogP contribution in [0.1, 0.15) is 17.7 Å². The maximum atomic E-state index is 11.8. The van der Waals surface area contributed by atoms with E-state index in [9.17, 15) is 4.79 Å². The second kappa shape index (κ2) is 5.45. The van der Waals surface area contributed by atoms with Crippen molar-refractivity contribution in [2.75, 3.05) is 5.32 Å². The number of aryl methyl sites for hydroxylation is 2. The molecule has 1 amide bonds. The summed E-state index contributed by atoms with van der Waals surface area (Å²) in [6.07, 6.45) is 0.602. The molecule has 0 fully saturated rings. The Labute approximate surface area is 105 Å². The summed E-state index contributed by atoms with van der Waals surface area (Å²) in [5, 5.41) is 2.87. The first-order valence-electron chi connectivity index (χ1n) is 6.01. The van der Waals surface area contributed by atoms with Gasteiger partial charge in [0.05, 0.1) is 0 Å². The topological polar surface area (TPSA) is 42.0 Å². The highest BCUT2D eigenvalue weighted by molar-refractivity contribution is 6.76. The number of hydrogen-bond donors (Lipinski definition) is 1. The predicted molar refractivity (Wildman–Crippen MR) is 75.1 cm³/mol. The van der Waals surface area contributed by atoms with Crippen molar-refractivity contribution < 1.29 is 4.79 Å². The molecule has 0 saturated carbocycles. The third-order valence-electron chi connectivity index (χ3n) is 2.47. The van der Waals surface area contributed by atoms with Crippen molar-refractivity contribution in [1.82, 2.24) is 4.98 Å². The average molecular weight is 250 g/mol. The van der Waals surface area contributed by atoms with E-state index in [1.807, 2.05) is 26.0 Å². The minimum atomic E-state index is -1.14. The molecule has 1 rings (SSSR count). The maximum absolute atomic E-state index is 11.8. The fraction of sp³-hybridized carbons (Fsp3) is 0.538. The van der Waals surface area contributed by atoms with Gasteiger partial charge in [0.15, 0.2) is 0 Å². The molecular weight excluding hydrogens is 228 g/mol. The molecule has 1 N–H and O–H groups in total. The minimum absolute atomic E-state index is 0.0740. The molecule has 17 heavy (non-hydrogen) atoms. The largest absolute Gasteiger partial charge is 0.311 e. The van der Waals surface area contributed by atoms with Crippen molar-refractivity contribution in [3.63, 3.8) is 0 Å². The van der Waals surface area contributed by atoms with Crippen LogP contribution < -0.4 is 5.32 Å². The lowest BCUT2D eigenvalue weighted by Gasteiger charge is -2.15. The summed E-state index contributed by atoms with van der Waals surface area (Å²) in [5.74, 6) is 0.744. The van der Waals surface area contributed by atoms with Gasteiger partial charge in [-0.1, -0.05) is 19.6 Å². The van der Waals surface area contributed by atoms with Crippen LogP contribution in [0.5, 0.6) is 0 Å². The molecule has 1 aromatic rings. The second-order valence-electron chi connectivity index (χ2n) is 5.78. The van der Waals surface area contributed by atoms with E-state index in [0.29, 0.717) is 12.2 Å². The van der Waals surface area contributed by atoms with Gasteiger partial charge < -0.3 is 5.32 Å². The monoisotopic (exact) mass is 250 g/mol. The van der Waals surface area contributed by atoms with Gasteiger partial charge >= 0.3 is 0 Å². The molecule has 0 aliphatic rings. The van der Waals surface area contributed by atoms with Crippen LogP contribution >= 0.6 is 0 Å². The van der Waals surface area contributed by atoms with Crippen LogP contribution in [0.3, 0.4) is 0 Å². The van der Waals surface area contributed by atoms with Crippen LogP contribution in [0, 0.1) is 13.8 Å².